The Morgan fingerprint density at radius 2 is 2.05 bits per heavy atom. The van der Waals surface area contributed by atoms with Gasteiger partial charge in [0.2, 0.25) is 0 Å². The van der Waals surface area contributed by atoms with Gasteiger partial charge in [0.25, 0.3) is 0 Å². The molecule has 2 nitrogen and oxygen atoms in total. The molecule has 0 spiro atoms. The molecule has 0 radical (unpaired) electrons. The normalized spacial score (nSPS) is 13.7. The summed E-state index contributed by atoms with van der Waals surface area (Å²) in [6, 6.07) is 7.17. The van der Waals surface area contributed by atoms with Crippen molar-refractivity contribution in [3.63, 3.8) is 0 Å². The number of pyridine rings is 1. The number of nitrogens with one attached hydrogen (secondary N) is 1. The Morgan fingerprint density at radius 1 is 1.26 bits per heavy atom. The van der Waals surface area contributed by atoms with Gasteiger partial charge >= 0.3 is 6.18 Å². The number of aromatic nitrogens is 1. The molecule has 1 unspecified atom stereocenters. The maximum absolute atomic E-state index is 12.3. The molecule has 0 aliphatic rings. The Hall–Kier alpha value is -1.62. The summed E-state index contributed by atoms with van der Waals surface area (Å²) in [5, 5.41) is 4.84. The molecule has 1 heterocycles. The van der Waals surface area contributed by atoms with E-state index in [9.17, 15) is 13.2 Å². The average molecular weight is 268 g/mol. The number of rotatable bonds is 4. The van der Waals surface area contributed by atoms with Gasteiger partial charge in [-0.1, -0.05) is 18.2 Å². The molecule has 1 aromatic heterocycles. The van der Waals surface area contributed by atoms with Crippen molar-refractivity contribution in [2.45, 2.75) is 25.1 Å². The van der Waals surface area contributed by atoms with Gasteiger partial charge in [0.15, 0.2) is 0 Å². The third kappa shape index (κ3) is 3.44. The Morgan fingerprint density at radius 3 is 2.74 bits per heavy atom. The van der Waals surface area contributed by atoms with Crippen molar-refractivity contribution in [2.24, 2.45) is 0 Å². The molecule has 0 aliphatic carbocycles. The van der Waals surface area contributed by atoms with Crippen molar-refractivity contribution in [3.8, 4) is 0 Å². The van der Waals surface area contributed by atoms with Crippen LogP contribution in [0, 0.1) is 0 Å². The molecule has 0 bridgehead atoms. The van der Waals surface area contributed by atoms with Crippen molar-refractivity contribution >= 4 is 10.8 Å². The summed E-state index contributed by atoms with van der Waals surface area (Å²) in [6.07, 6.45) is -1.53. The largest absolute Gasteiger partial charge is 0.389 e. The molecule has 0 saturated heterocycles. The van der Waals surface area contributed by atoms with Crippen LogP contribution in [-0.4, -0.2) is 18.2 Å². The van der Waals surface area contributed by atoms with Gasteiger partial charge in [-0.2, -0.15) is 13.2 Å². The lowest BCUT2D eigenvalue weighted by atomic mass is 9.97. The van der Waals surface area contributed by atoms with Crippen LogP contribution in [0.1, 0.15) is 24.4 Å². The van der Waals surface area contributed by atoms with E-state index in [-0.39, 0.29) is 12.5 Å². The van der Waals surface area contributed by atoms with Crippen LogP contribution in [0.5, 0.6) is 0 Å². The maximum atomic E-state index is 12.3. The summed E-state index contributed by atoms with van der Waals surface area (Å²) >= 11 is 0. The summed E-state index contributed by atoms with van der Waals surface area (Å²) in [5.74, 6) is 0. The van der Waals surface area contributed by atoms with Crippen molar-refractivity contribution in [1.29, 1.82) is 0 Å². The lowest BCUT2D eigenvalue weighted by Crippen LogP contribution is -2.20. The van der Waals surface area contributed by atoms with E-state index in [1.807, 2.05) is 24.3 Å². The third-order valence-corrected chi connectivity index (χ3v) is 3.16. The van der Waals surface area contributed by atoms with Gasteiger partial charge in [-0.05, 0) is 30.5 Å². The van der Waals surface area contributed by atoms with Gasteiger partial charge in [-0.15, -0.1) is 0 Å². The van der Waals surface area contributed by atoms with Gasteiger partial charge in [0.1, 0.15) is 0 Å². The molecule has 2 aromatic rings. The number of halogens is 3. The average Bonchev–Trinajstić information content (AvgIpc) is 2.38. The lowest BCUT2D eigenvalue weighted by Gasteiger charge is -2.19. The van der Waals surface area contributed by atoms with Crippen molar-refractivity contribution in [1.82, 2.24) is 10.3 Å². The van der Waals surface area contributed by atoms with E-state index < -0.39 is 12.6 Å². The first-order chi connectivity index (χ1) is 9.01. The fraction of sp³-hybridized carbons (Fsp3) is 0.357. The van der Waals surface area contributed by atoms with Crippen LogP contribution in [0.2, 0.25) is 0 Å². The van der Waals surface area contributed by atoms with E-state index in [0.717, 1.165) is 16.3 Å². The first-order valence-electron chi connectivity index (χ1n) is 6.08. The summed E-state index contributed by atoms with van der Waals surface area (Å²) in [6.45, 7) is 0. The van der Waals surface area contributed by atoms with Crippen molar-refractivity contribution < 1.29 is 13.2 Å². The van der Waals surface area contributed by atoms with Crippen LogP contribution in [0.4, 0.5) is 13.2 Å². The van der Waals surface area contributed by atoms with Crippen LogP contribution in [0.25, 0.3) is 10.8 Å². The SMILES string of the molecule is CNC(CCC(F)(F)F)c1cccc2ccncc12. The van der Waals surface area contributed by atoms with Crippen LogP contribution in [0.15, 0.2) is 36.7 Å². The summed E-state index contributed by atoms with van der Waals surface area (Å²) < 4.78 is 37.0. The Labute approximate surface area is 109 Å². The fourth-order valence-electron chi connectivity index (χ4n) is 2.20. The van der Waals surface area contributed by atoms with E-state index >= 15 is 0 Å². The number of benzene rings is 1. The van der Waals surface area contributed by atoms with Crippen LogP contribution in [0.3, 0.4) is 0 Å². The van der Waals surface area contributed by atoms with Crippen molar-refractivity contribution in [3.05, 3.63) is 42.2 Å². The van der Waals surface area contributed by atoms with Crippen LogP contribution in [-0.2, 0) is 0 Å². The maximum Gasteiger partial charge on any atom is 0.389 e. The molecule has 102 valence electrons. The molecule has 0 fully saturated rings. The first kappa shape index (κ1) is 13.8. The number of fused-ring (bicyclic) bond motifs is 1. The second kappa shape index (κ2) is 5.57. The monoisotopic (exact) mass is 268 g/mol. The lowest BCUT2D eigenvalue weighted by molar-refractivity contribution is -0.136. The molecule has 2 rings (SSSR count). The molecule has 0 aliphatic heterocycles. The zero-order valence-corrected chi connectivity index (χ0v) is 10.5. The van der Waals surface area contributed by atoms with Gasteiger partial charge in [-0.3, -0.25) is 4.98 Å². The fourth-order valence-corrected chi connectivity index (χ4v) is 2.20. The van der Waals surface area contributed by atoms with Crippen LogP contribution >= 0.6 is 0 Å². The molecule has 5 heteroatoms. The first-order valence-corrected chi connectivity index (χ1v) is 6.08. The summed E-state index contributed by atoms with van der Waals surface area (Å²) in [4.78, 5) is 4.05. The smallest absolute Gasteiger partial charge is 0.313 e. The number of alkyl halides is 3. The molecule has 1 aromatic carbocycles. The highest BCUT2D eigenvalue weighted by Crippen LogP contribution is 2.30. The minimum Gasteiger partial charge on any atom is -0.313 e. The van der Waals surface area contributed by atoms with Crippen molar-refractivity contribution in [2.75, 3.05) is 7.05 Å². The topological polar surface area (TPSA) is 24.9 Å². The second-order valence-electron chi connectivity index (χ2n) is 4.44. The predicted molar refractivity (Wildman–Crippen MR) is 68.8 cm³/mol. The minimum absolute atomic E-state index is 0.0218. The third-order valence-electron chi connectivity index (χ3n) is 3.16. The van der Waals surface area contributed by atoms with E-state index in [1.54, 1.807) is 19.4 Å². The zero-order valence-electron chi connectivity index (χ0n) is 10.5. The highest BCUT2D eigenvalue weighted by molar-refractivity contribution is 5.85. The molecular formula is C14H15F3N2. The van der Waals surface area contributed by atoms with Gasteiger partial charge in [0, 0.05) is 30.2 Å². The quantitative estimate of drug-likeness (QED) is 0.911. The molecule has 0 amide bonds. The summed E-state index contributed by atoms with van der Waals surface area (Å²) in [7, 11) is 1.68. The minimum atomic E-state index is -4.13. The Bertz CT molecular complexity index is 546. The van der Waals surface area contributed by atoms with Crippen LogP contribution < -0.4 is 5.32 Å². The van der Waals surface area contributed by atoms with Gasteiger partial charge in [0.05, 0.1) is 0 Å². The number of hydrogen-bond donors (Lipinski definition) is 1. The molecule has 1 atom stereocenters. The molecular weight excluding hydrogens is 253 g/mol. The zero-order chi connectivity index (χ0) is 13.9. The number of hydrogen-bond acceptors (Lipinski definition) is 2. The standard InChI is InChI=1S/C14H15F3N2/c1-18-13(5-7-14(15,16)17)11-4-2-3-10-6-8-19-9-12(10)11/h2-4,6,8-9,13,18H,5,7H2,1H3. The molecule has 19 heavy (non-hydrogen) atoms. The highest BCUT2D eigenvalue weighted by atomic mass is 19.4. The Balaban J connectivity index is 2.30. The van der Waals surface area contributed by atoms with E-state index in [0.29, 0.717) is 0 Å². The number of nitrogens with zero attached hydrogens (tertiary/aromatic N) is 1. The van der Waals surface area contributed by atoms with E-state index in [4.69, 9.17) is 0 Å². The van der Waals surface area contributed by atoms with Gasteiger partial charge < -0.3 is 5.32 Å². The Kier molecular flexibility index (Phi) is 4.04. The predicted octanol–water partition coefficient (Wildman–Crippen LogP) is 3.84. The molecule has 0 saturated carbocycles. The second-order valence-corrected chi connectivity index (χ2v) is 4.44. The van der Waals surface area contributed by atoms with E-state index in [1.165, 1.54) is 0 Å². The highest BCUT2D eigenvalue weighted by Gasteiger charge is 2.28. The summed E-state index contributed by atoms with van der Waals surface area (Å²) in [5.41, 5.74) is 0.859. The van der Waals surface area contributed by atoms with Gasteiger partial charge in [-0.25, -0.2) is 0 Å². The molecule has 1 N–H and O–H groups in total. The van der Waals surface area contributed by atoms with E-state index in [2.05, 4.69) is 10.3 Å².